The molecule has 4 nitrogen and oxygen atoms in total. The van der Waals surface area contributed by atoms with Crippen LogP contribution in [0.15, 0.2) is 0 Å². The lowest BCUT2D eigenvalue weighted by molar-refractivity contribution is -0.165. The highest BCUT2D eigenvalue weighted by Crippen LogP contribution is 2.07. The van der Waals surface area contributed by atoms with Gasteiger partial charge in [0.1, 0.15) is 12.2 Å². The quantitative estimate of drug-likeness (QED) is 0.630. The van der Waals surface area contributed by atoms with Crippen molar-refractivity contribution >= 4 is 11.9 Å². The van der Waals surface area contributed by atoms with Gasteiger partial charge >= 0.3 is 11.9 Å². The molecule has 0 aromatic heterocycles. The fourth-order valence-corrected chi connectivity index (χ4v) is 1.13. The lowest BCUT2D eigenvalue weighted by Crippen LogP contribution is -2.30. The van der Waals surface area contributed by atoms with Crippen molar-refractivity contribution in [3.05, 3.63) is 0 Å². The molecule has 0 amide bonds. The van der Waals surface area contributed by atoms with E-state index in [1.54, 1.807) is 13.8 Å². The minimum Gasteiger partial charge on any atom is -0.459 e. The Kier molecular flexibility index (Phi) is 7.60. The summed E-state index contributed by atoms with van der Waals surface area (Å²) in [7, 11) is 0. The molecule has 16 heavy (non-hydrogen) atoms. The molecule has 0 aromatic rings. The molecule has 94 valence electrons. The van der Waals surface area contributed by atoms with Crippen molar-refractivity contribution in [2.45, 2.75) is 65.6 Å². The zero-order chi connectivity index (χ0) is 12.6. The van der Waals surface area contributed by atoms with E-state index in [9.17, 15) is 9.59 Å². The van der Waals surface area contributed by atoms with Gasteiger partial charge in [-0.2, -0.15) is 0 Å². The molecule has 0 spiro atoms. The first-order valence-corrected chi connectivity index (χ1v) is 5.90. The number of hydrogen-bond acceptors (Lipinski definition) is 4. The number of hydrogen-bond donors (Lipinski definition) is 0. The van der Waals surface area contributed by atoms with Crippen LogP contribution in [0, 0.1) is 0 Å². The van der Waals surface area contributed by atoms with Gasteiger partial charge in [0.2, 0.25) is 0 Å². The number of carbonyl (C=O) groups is 2. The first-order valence-electron chi connectivity index (χ1n) is 5.90. The van der Waals surface area contributed by atoms with Crippen LogP contribution in [-0.2, 0) is 19.1 Å². The number of rotatable bonds is 7. The highest BCUT2D eigenvalue weighted by molar-refractivity contribution is 5.70. The predicted octanol–water partition coefficient (Wildman–Crippen LogP) is 2.45. The van der Waals surface area contributed by atoms with E-state index in [1.807, 2.05) is 13.8 Å². The maximum atomic E-state index is 11.2. The van der Waals surface area contributed by atoms with E-state index in [2.05, 4.69) is 0 Å². The third kappa shape index (κ3) is 6.43. The van der Waals surface area contributed by atoms with Crippen molar-refractivity contribution < 1.29 is 19.1 Å². The minimum absolute atomic E-state index is 0.242. The molecule has 0 aromatic carbocycles. The van der Waals surface area contributed by atoms with Gasteiger partial charge in [0.25, 0.3) is 0 Å². The summed E-state index contributed by atoms with van der Waals surface area (Å²) in [5.41, 5.74) is 0. The molecular formula is C12H22O4. The van der Waals surface area contributed by atoms with Crippen molar-refractivity contribution in [1.82, 2.24) is 0 Å². The van der Waals surface area contributed by atoms with Gasteiger partial charge in [-0.15, -0.1) is 0 Å². The zero-order valence-corrected chi connectivity index (χ0v) is 10.6. The van der Waals surface area contributed by atoms with Crippen molar-refractivity contribution in [3.8, 4) is 0 Å². The van der Waals surface area contributed by atoms with E-state index >= 15 is 0 Å². The van der Waals surface area contributed by atoms with E-state index in [-0.39, 0.29) is 24.1 Å². The Hall–Kier alpha value is -1.06. The van der Waals surface area contributed by atoms with Gasteiger partial charge in [0.05, 0.1) is 0 Å². The molecule has 0 bridgehead atoms. The summed E-state index contributed by atoms with van der Waals surface area (Å²) in [5, 5.41) is 0. The summed E-state index contributed by atoms with van der Waals surface area (Å²) in [6.45, 7) is 7.29. The molecule has 0 saturated carbocycles. The second kappa shape index (κ2) is 8.13. The van der Waals surface area contributed by atoms with Crippen LogP contribution in [0.1, 0.15) is 53.4 Å². The number of esters is 2. The summed E-state index contributed by atoms with van der Waals surface area (Å²) in [4.78, 5) is 22.4. The summed E-state index contributed by atoms with van der Waals surface area (Å²) in [6, 6.07) is 0. The van der Waals surface area contributed by atoms with Crippen molar-refractivity contribution in [2.75, 3.05) is 0 Å². The molecule has 0 N–H and O–H groups in total. The number of ether oxygens (including phenoxy) is 2. The van der Waals surface area contributed by atoms with Gasteiger partial charge in [-0.1, -0.05) is 13.8 Å². The van der Waals surface area contributed by atoms with Gasteiger partial charge in [0, 0.05) is 12.8 Å². The lowest BCUT2D eigenvalue weighted by atomic mass is 10.2. The molecule has 0 aliphatic heterocycles. The Morgan fingerprint density at radius 3 is 1.44 bits per heavy atom. The van der Waals surface area contributed by atoms with Crippen molar-refractivity contribution in [3.63, 3.8) is 0 Å². The molecule has 2 unspecified atom stereocenters. The zero-order valence-electron chi connectivity index (χ0n) is 10.6. The van der Waals surface area contributed by atoms with E-state index in [4.69, 9.17) is 9.47 Å². The van der Waals surface area contributed by atoms with Crippen LogP contribution in [0.25, 0.3) is 0 Å². The SMILES string of the molecule is CCCC(=O)OC(C)C(C)OC(=O)CCC. The maximum Gasteiger partial charge on any atom is 0.306 e. The first kappa shape index (κ1) is 14.9. The van der Waals surface area contributed by atoms with Gasteiger partial charge in [-0.05, 0) is 26.7 Å². The monoisotopic (exact) mass is 230 g/mol. The van der Waals surface area contributed by atoms with Crippen molar-refractivity contribution in [2.24, 2.45) is 0 Å². The van der Waals surface area contributed by atoms with E-state index in [1.165, 1.54) is 0 Å². The topological polar surface area (TPSA) is 52.6 Å². The van der Waals surface area contributed by atoms with Gasteiger partial charge in [-0.25, -0.2) is 0 Å². The van der Waals surface area contributed by atoms with Gasteiger partial charge < -0.3 is 9.47 Å². The van der Waals surface area contributed by atoms with Crippen LogP contribution in [0.3, 0.4) is 0 Å². The second-order valence-corrected chi connectivity index (χ2v) is 3.89. The Balaban J connectivity index is 3.93. The average Bonchev–Trinajstić information content (AvgIpc) is 2.17. The standard InChI is InChI=1S/C12H22O4/c1-5-7-11(13)15-9(3)10(4)16-12(14)8-6-2/h9-10H,5-8H2,1-4H3. The fourth-order valence-electron chi connectivity index (χ4n) is 1.13. The molecule has 0 rings (SSSR count). The molecule has 0 fully saturated rings. The summed E-state index contributed by atoms with van der Waals surface area (Å²) >= 11 is 0. The van der Waals surface area contributed by atoms with Crippen molar-refractivity contribution in [1.29, 1.82) is 0 Å². The smallest absolute Gasteiger partial charge is 0.306 e. The third-order valence-corrected chi connectivity index (χ3v) is 2.20. The normalized spacial score (nSPS) is 14.0. The van der Waals surface area contributed by atoms with Gasteiger partial charge in [0.15, 0.2) is 0 Å². The molecule has 0 aliphatic carbocycles. The molecular weight excluding hydrogens is 208 g/mol. The Bertz CT molecular complexity index is 201. The van der Waals surface area contributed by atoms with Crippen LogP contribution in [0.2, 0.25) is 0 Å². The van der Waals surface area contributed by atoms with Crippen LogP contribution in [0.5, 0.6) is 0 Å². The van der Waals surface area contributed by atoms with Crippen LogP contribution >= 0.6 is 0 Å². The molecule has 2 atom stereocenters. The van der Waals surface area contributed by atoms with E-state index < -0.39 is 0 Å². The highest BCUT2D eigenvalue weighted by atomic mass is 16.6. The Morgan fingerprint density at radius 2 is 1.19 bits per heavy atom. The molecule has 0 aliphatic rings. The highest BCUT2D eigenvalue weighted by Gasteiger charge is 2.19. The summed E-state index contributed by atoms with van der Waals surface area (Å²) in [6.07, 6.45) is 1.55. The van der Waals surface area contributed by atoms with E-state index in [0.29, 0.717) is 12.8 Å². The predicted molar refractivity (Wildman–Crippen MR) is 60.9 cm³/mol. The fraction of sp³-hybridized carbons (Fsp3) is 0.833. The van der Waals surface area contributed by atoms with Crippen LogP contribution in [-0.4, -0.2) is 24.1 Å². The lowest BCUT2D eigenvalue weighted by Gasteiger charge is -2.20. The molecule has 0 heterocycles. The van der Waals surface area contributed by atoms with Crippen LogP contribution in [0.4, 0.5) is 0 Å². The minimum atomic E-state index is -0.389. The van der Waals surface area contributed by atoms with Gasteiger partial charge in [-0.3, -0.25) is 9.59 Å². The first-order chi connectivity index (χ1) is 7.51. The molecule has 0 saturated heterocycles. The Labute approximate surface area is 97.3 Å². The Morgan fingerprint density at radius 1 is 0.875 bits per heavy atom. The molecule has 0 radical (unpaired) electrons. The average molecular weight is 230 g/mol. The third-order valence-electron chi connectivity index (χ3n) is 2.20. The molecule has 4 heteroatoms. The van der Waals surface area contributed by atoms with E-state index in [0.717, 1.165) is 12.8 Å². The largest absolute Gasteiger partial charge is 0.459 e. The summed E-state index contributed by atoms with van der Waals surface area (Å²) < 4.78 is 10.2. The van der Waals surface area contributed by atoms with Crippen LogP contribution < -0.4 is 0 Å². The number of carbonyl (C=O) groups excluding carboxylic acids is 2. The second-order valence-electron chi connectivity index (χ2n) is 3.89. The summed E-state index contributed by atoms with van der Waals surface area (Å²) in [5.74, 6) is -0.484. The maximum absolute atomic E-state index is 11.2.